The van der Waals surface area contributed by atoms with Crippen LogP contribution in [0.15, 0.2) is 24.3 Å². The lowest BCUT2D eigenvalue weighted by Gasteiger charge is -2.40. The molecule has 0 spiro atoms. The van der Waals surface area contributed by atoms with Crippen molar-refractivity contribution in [3.8, 4) is 0 Å². The number of allylic oxidation sites excluding steroid dienone is 3. The van der Waals surface area contributed by atoms with Crippen LogP contribution in [0.2, 0.25) is 0 Å². The van der Waals surface area contributed by atoms with Gasteiger partial charge in [0.05, 0.1) is 25.4 Å². The Bertz CT molecular complexity index is 809. The van der Waals surface area contributed by atoms with Crippen LogP contribution in [-0.2, 0) is 14.3 Å². The molecule has 1 amide bonds. The molecule has 0 bridgehead atoms. The molecule has 1 heterocycles. The first kappa shape index (κ1) is 43.7. The average molecular weight is 672 g/mol. The molecule has 0 radical (unpaired) electrons. The smallest absolute Gasteiger partial charge is 0.249 e. The minimum atomic E-state index is -1.61. The predicted molar refractivity (Wildman–Crippen MR) is 186 cm³/mol. The quantitative estimate of drug-likeness (QED) is 0.0429. The number of aliphatic hydroxyl groups excluding tert-OH is 6. The molecule has 10 nitrogen and oxygen atoms in total. The van der Waals surface area contributed by atoms with Crippen molar-refractivity contribution in [1.82, 2.24) is 5.32 Å². The zero-order valence-electron chi connectivity index (χ0n) is 29.4. The van der Waals surface area contributed by atoms with Crippen molar-refractivity contribution in [1.29, 1.82) is 0 Å². The Labute approximate surface area is 284 Å². The minimum absolute atomic E-state index is 0.295. The maximum Gasteiger partial charge on any atom is 0.249 e. The Morgan fingerprint density at radius 1 is 0.723 bits per heavy atom. The van der Waals surface area contributed by atoms with Gasteiger partial charge in [-0.15, -0.1) is 0 Å². The first-order valence-electron chi connectivity index (χ1n) is 18.7. The first-order valence-corrected chi connectivity index (χ1v) is 18.7. The second-order valence-corrected chi connectivity index (χ2v) is 13.2. The van der Waals surface area contributed by atoms with Gasteiger partial charge >= 0.3 is 0 Å². The average Bonchev–Trinajstić information content (AvgIpc) is 3.07. The van der Waals surface area contributed by atoms with Crippen LogP contribution in [0.3, 0.4) is 0 Å². The summed E-state index contributed by atoms with van der Waals surface area (Å²) in [6.07, 6.45) is 19.9. The van der Waals surface area contributed by atoms with Gasteiger partial charge in [-0.25, -0.2) is 0 Å². The molecule has 0 aliphatic carbocycles. The number of nitrogens with one attached hydrogen (secondary N) is 1. The third kappa shape index (κ3) is 20.0. The van der Waals surface area contributed by atoms with E-state index in [4.69, 9.17) is 9.47 Å². The molecule has 8 unspecified atom stereocenters. The van der Waals surface area contributed by atoms with Crippen LogP contribution in [0.25, 0.3) is 0 Å². The molecule has 0 aromatic rings. The fraction of sp³-hybridized carbons (Fsp3) is 0.865. The highest BCUT2D eigenvalue weighted by atomic mass is 16.7. The predicted octanol–water partition coefficient (Wildman–Crippen LogP) is 4.96. The lowest BCUT2D eigenvalue weighted by molar-refractivity contribution is -0.302. The second-order valence-electron chi connectivity index (χ2n) is 13.2. The van der Waals surface area contributed by atoms with Crippen molar-refractivity contribution in [2.24, 2.45) is 0 Å². The molecule has 1 fully saturated rings. The van der Waals surface area contributed by atoms with E-state index in [-0.39, 0.29) is 6.61 Å². The summed E-state index contributed by atoms with van der Waals surface area (Å²) in [6, 6.07) is -0.979. The summed E-state index contributed by atoms with van der Waals surface area (Å²) in [5.41, 5.74) is 0. The normalized spacial score (nSPS) is 23.8. The van der Waals surface area contributed by atoms with E-state index >= 15 is 0 Å². The van der Waals surface area contributed by atoms with E-state index < -0.39 is 61.5 Å². The number of carbonyl (C=O) groups excluding carboxylic acids is 1. The molecule has 276 valence electrons. The Kier molecular flexibility index (Phi) is 26.4. The first-order chi connectivity index (χ1) is 22.8. The number of amides is 1. The molecular formula is C37H69NO9. The fourth-order valence-corrected chi connectivity index (χ4v) is 5.67. The van der Waals surface area contributed by atoms with E-state index in [0.717, 1.165) is 51.4 Å². The summed E-state index contributed by atoms with van der Waals surface area (Å²) in [5, 5.41) is 64.1. The molecule has 1 rings (SSSR count). The molecule has 0 aromatic heterocycles. The highest BCUT2D eigenvalue weighted by Gasteiger charge is 2.44. The van der Waals surface area contributed by atoms with Gasteiger partial charge in [0.1, 0.15) is 30.5 Å². The van der Waals surface area contributed by atoms with Gasteiger partial charge in [0.15, 0.2) is 6.29 Å². The molecule has 1 aliphatic heterocycles. The molecule has 8 atom stereocenters. The van der Waals surface area contributed by atoms with Gasteiger partial charge in [-0.2, -0.15) is 0 Å². The standard InChI is InChI=1S/C37H69NO9/c1-3-5-7-9-11-13-15-16-18-19-21-23-25-30(40)29(28-46-37-35(44)34(43)33(42)32(27-39)47-37)38-36(45)31(41)26-24-22-20-17-14-12-10-8-6-4-2/h10,12,23,25,29-35,37,39-44H,3-9,11,13-22,24,26-28H2,1-2H3,(H,38,45)/b12-10-,25-23+. The van der Waals surface area contributed by atoms with Crippen LogP contribution in [0.5, 0.6) is 0 Å². The van der Waals surface area contributed by atoms with Crippen molar-refractivity contribution < 1.29 is 44.9 Å². The van der Waals surface area contributed by atoms with Gasteiger partial charge in [0.25, 0.3) is 0 Å². The van der Waals surface area contributed by atoms with Crippen LogP contribution in [-0.4, -0.2) is 98.7 Å². The summed E-state index contributed by atoms with van der Waals surface area (Å²) >= 11 is 0. The van der Waals surface area contributed by atoms with Gasteiger partial charge < -0.3 is 45.4 Å². The number of unbranched alkanes of at least 4 members (excludes halogenated alkanes) is 16. The highest BCUT2D eigenvalue weighted by Crippen LogP contribution is 2.22. The van der Waals surface area contributed by atoms with E-state index in [2.05, 4.69) is 31.3 Å². The maximum absolute atomic E-state index is 12.9. The monoisotopic (exact) mass is 671 g/mol. The van der Waals surface area contributed by atoms with Crippen LogP contribution in [0, 0.1) is 0 Å². The number of aliphatic hydroxyl groups is 6. The van der Waals surface area contributed by atoms with Crippen LogP contribution < -0.4 is 5.32 Å². The largest absolute Gasteiger partial charge is 0.394 e. The van der Waals surface area contributed by atoms with E-state index in [9.17, 15) is 35.4 Å². The molecule has 0 aromatic carbocycles. The SMILES string of the molecule is CCCC/C=C\CCCCCCC(O)C(=O)NC(COC1OC(CO)C(O)C(O)C1O)C(O)/C=C/CCCCCCCCCCCC. The van der Waals surface area contributed by atoms with Crippen molar-refractivity contribution in [3.05, 3.63) is 24.3 Å². The van der Waals surface area contributed by atoms with Crippen LogP contribution in [0.1, 0.15) is 142 Å². The van der Waals surface area contributed by atoms with E-state index in [1.165, 1.54) is 64.2 Å². The Balaban J connectivity index is 2.57. The third-order valence-electron chi connectivity index (χ3n) is 8.88. The van der Waals surface area contributed by atoms with Crippen LogP contribution in [0.4, 0.5) is 0 Å². The topological polar surface area (TPSA) is 169 Å². The lowest BCUT2D eigenvalue weighted by atomic mass is 9.99. The zero-order valence-corrected chi connectivity index (χ0v) is 29.4. The van der Waals surface area contributed by atoms with E-state index in [1.54, 1.807) is 6.08 Å². The Hall–Kier alpha value is -1.37. The Morgan fingerprint density at radius 2 is 1.26 bits per heavy atom. The minimum Gasteiger partial charge on any atom is -0.394 e. The number of carbonyl (C=O) groups is 1. The molecule has 47 heavy (non-hydrogen) atoms. The van der Waals surface area contributed by atoms with Gasteiger partial charge in [0, 0.05) is 0 Å². The summed E-state index contributed by atoms with van der Waals surface area (Å²) in [6.45, 7) is 3.50. The van der Waals surface area contributed by atoms with Gasteiger partial charge in [-0.1, -0.05) is 128 Å². The summed E-state index contributed by atoms with van der Waals surface area (Å²) in [7, 11) is 0. The molecule has 10 heteroatoms. The summed E-state index contributed by atoms with van der Waals surface area (Å²) < 4.78 is 11.1. The summed E-state index contributed by atoms with van der Waals surface area (Å²) in [4.78, 5) is 12.9. The zero-order chi connectivity index (χ0) is 34.7. The van der Waals surface area contributed by atoms with Crippen molar-refractivity contribution in [2.75, 3.05) is 13.2 Å². The number of hydrogen-bond donors (Lipinski definition) is 7. The lowest BCUT2D eigenvalue weighted by Crippen LogP contribution is -2.60. The Morgan fingerprint density at radius 3 is 1.85 bits per heavy atom. The van der Waals surface area contributed by atoms with Crippen molar-refractivity contribution >= 4 is 5.91 Å². The summed E-state index contributed by atoms with van der Waals surface area (Å²) in [5.74, 6) is -0.631. The number of rotatable bonds is 29. The molecular weight excluding hydrogens is 602 g/mol. The molecule has 1 saturated heterocycles. The van der Waals surface area contributed by atoms with Crippen molar-refractivity contribution in [3.63, 3.8) is 0 Å². The number of hydrogen-bond acceptors (Lipinski definition) is 9. The van der Waals surface area contributed by atoms with Gasteiger partial charge in [0.2, 0.25) is 5.91 Å². The van der Waals surface area contributed by atoms with Crippen molar-refractivity contribution in [2.45, 2.75) is 191 Å². The highest BCUT2D eigenvalue weighted by molar-refractivity contribution is 5.80. The molecule has 7 N–H and O–H groups in total. The van der Waals surface area contributed by atoms with E-state index in [0.29, 0.717) is 12.8 Å². The molecule has 0 saturated carbocycles. The number of ether oxygens (including phenoxy) is 2. The third-order valence-corrected chi connectivity index (χ3v) is 8.88. The van der Waals surface area contributed by atoms with E-state index in [1.807, 2.05) is 6.08 Å². The fourth-order valence-electron chi connectivity index (χ4n) is 5.67. The van der Waals surface area contributed by atoms with Crippen LogP contribution >= 0.6 is 0 Å². The maximum atomic E-state index is 12.9. The van der Waals surface area contributed by atoms with Gasteiger partial charge in [-0.3, -0.25) is 4.79 Å². The van der Waals surface area contributed by atoms with Gasteiger partial charge in [-0.05, 0) is 38.5 Å². The molecule has 1 aliphatic rings. The second kappa shape index (κ2) is 28.5.